The molecule has 0 radical (unpaired) electrons. The summed E-state index contributed by atoms with van der Waals surface area (Å²) < 4.78 is 33.1. The average molecular weight is 701 g/mol. The highest BCUT2D eigenvalue weighted by Gasteiger charge is 2.26. The lowest BCUT2D eigenvalue weighted by molar-refractivity contribution is -0.154. The molecule has 10 heteroatoms. The molecule has 0 saturated heterocycles. The van der Waals surface area contributed by atoms with Crippen LogP contribution >= 0.6 is 7.82 Å². The number of phosphoric ester groups is 1. The van der Waals surface area contributed by atoms with E-state index >= 15 is 0 Å². The maximum absolute atomic E-state index is 12.5. The van der Waals surface area contributed by atoms with E-state index in [9.17, 15) is 19.4 Å². The number of aliphatic hydroxyl groups excluding tert-OH is 2. The number of allylic oxidation sites excluding steroid dienone is 8. The fraction of sp³-hybridized carbons (Fsp3) is 0.763. The van der Waals surface area contributed by atoms with Gasteiger partial charge >= 0.3 is 13.8 Å². The van der Waals surface area contributed by atoms with E-state index in [0.29, 0.717) is 6.61 Å². The van der Waals surface area contributed by atoms with Crippen molar-refractivity contribution in [2.45, 2.75) is 154 Å². The van der Waals surface area contributed by atoms with E-state index in [1.165, 1.54) is 38.5 Å². The Kier molecular flexibility index (Phi) is 34.1. The summed E-state index contributed by atoms with van der Waals surface area (Å²) in [6, 6.07) is 0. The largest absolute Gasteiger partial charge is 0.472 e. The highest BCUT2D eigenvalue weighted by Crippen LogP contribution is 2.43. The van der Waals surface area contributed by atoms with Gasteiger partial charge in [-0.3, -0.25) is 13.8 Å². The van der Waals surface area contributed by atoms with E-state index in [2.05, 4.69) is 62.5 Å². The highest BCUT2D eigenvalue weighted by atomic mass is 31.2. The zero-order valence-electron chi connectivity index (χ0n) is 30.2. The predicted octanol–water partition coefficient (Wildman–Crippen LogP) is 9.47. The predicted molar refractivity (Wildman–Crippen MR) is 196 cm³/mol. The second-order valence-corrected chi connectivity index (χ2v) is 13.7. The fourth-order valence-electron chi connectivity index (χ4n) is 4.70. The van der Waals surface area contributed by atoms with Crippen LogP contribution in [0.25, 0.3) is 0 Å². The maximum atomic E-state index is 12.5. The fourth-order valence-corrected chi connectivity index (χ4v) is 5.49. The minimum atomic E-state index is -4.51. The van der Waals surface area contributed by atoms with Gasteiger partial charge < -0.3 is 24.6 Å². The summed E-state index contributed by atoms with van der Waals surface area (Å²) in [6.45, 7) is 3.31. The van der Waals surface area contributed by atoms with Crippen molar-refractivity contribution in [1.29, 1.82) is 0 Å². The molecule has 0 aromatic heterocycles. The summed E-state index contributed by atoms with van der Waals surface area (Å²) in [5, 5.41) is 18.3. The third-order valence-corrected chi connectivity index (χ3v) is 8.48. The molecule has 0 aliphatic heterocycles. The van der Waals surface area contributed by atoms with Crippen LogP contribution in [0.15, 0.2) is 48.6 Å². The molecule has 48 heavy (non-hydrogen) atoms. The van der Waals surface area contributed by atoms with Crippen LogP contribution in [0.3, 0.4) is 0 Å². The lowest BCUT2D eigenvalue weighted by Crippen LogP contribution is -2.29. The molecule has 9 nitrogen and oxygen atoms in total. The second-order valence-electron chi connectivity index (χ2n) is 12.2. The standard InChI is InChI=1S/C38H69O9P/c1-3-5-7-9-11-13-14-15-16-17-18-19-20-21-23-25-27-29-31-44-34-37(35-46-48(42,43)45-33-36(40)32-39)47-38(41)30-28-26-24-22-12-10-8-6-4-2/h5,7,11,13,15-16,18-19,36-37,39-40H,3-4,6,8-10,12,14,17,20-35H2,1-2H3,(H,42,43)/b7-5-,13-11-,16-15-,19-18-. The van der Waals surface area contributed by atoms with Gasteiger partial charge in [-0.15, -0.1) is 0 Å². The minimum absolute atomic E-state index is 0.0363. The van der Waals surface area contributed by atoms with Crippen LogP contribution in [0.4, 0.5) is 0 Å². The summed E-state index contributed by atoms with van der Waals surface area (Å²) in [6.07, 6.45) is 36.5. The van der Waals surface area contributed by atoms with Gasteiger partial charge in [-0.25, -0.2) is 4.57 Å². The minimum Gasteiger partial charge on any atom is -0.457 e. The van der Waals surface area contributed by atoms with E-state index in [0.717, 1.165) is 83.5 Å². The molecule has 0 aromatic rings. The first kappa shape index (κ1) is 46.4. The molecule has 0 aromatic carbocycles. The van der Waals surface area contributed by atoms with Crippen molar-refractivity contribution in [2.75, 3.05) is 33.0 Å². The van der Waals surface area contributed by atoms with Crippen molar-refractivity contribution < 1.29 is 43.0 Å². The lowest BCUT2D eigenvalue weighted by atomic mass is 10.1. The van der Waals surface area contributed by atoms with Crippen LogP contribution in [-0.4, -0.2) is 66.3 Å². The number of hydrogen-bond donors (Lipinski definition) is 3. The molecule has 0 rings (SSSR count). The molecule has 0 saturated carbocycles. The molecule has 0 bridgehead atoms. The van der Waals surface area contributed by atoms with Crippen molar-refractivity contribution in [3.05, 3.63) is 48.6 Å². The van der Waals surface area contributed by atoms with Crippen LogP contribution in [-0.2, 0) is 27.9 Å². The molecule has 280 valence electrons. The Morgan fingerprint density at radius 2 is 1.19 bits per heavy atom. The van der Waals surface area contributed by atoms with Gasteiger partial charge in [0.15, 0.2) is 0 Å². The van der Waals surface area contributed by atoms with Gasteiger partial charge in [0.1, 0.15) is 12.2 Å². The summed E-state index contributed by atoms with van der Waals surface area (Å²) >= 11 is 0. The Balaban J connectivity index is 4.23. The zero-order valence-corrected chi connectivity index (χ0v) is 31.1. The Morgan fingerprint density at radius 1 is 0.667 bits per heavy atom. The first-order valence-electron chi connectivity index (χ1n) is 18.6. The number of hydrogen-bond acceptors (Lipinski definition) is 8. The topological polar surface area (TPSA) is 132 Å². The van der Waals surface area contributed by atoms with E-state index in [4.69, 9.17) is 23.6 Å². The number of esters is 1. The lowest BCUT2D eigenvalue weighted by Gasteiger charge is -2.20. The van der Waals surface area contributed by atoms with Crippen molar-refractivity contribution in [2.24, 2.45) is 0 Å². The molecule has 3 atom stereocenters. The second kappa shape index (κ2) is 35.3. The van der Waals surface area contributed by atoms with Crippen LogP contribution in [0, 0.1) is 0 Å². The smallest absolute Gasteiger partial charge is 0.457 e. The first-order chi connectivity index (χ1) is 23.3. The van der Waals surface area contributed by atoms with Gasteiger partial charge in [0.05, 0.1) is 26.4 Å². The summed E-state index contributed by atoms with van der Waals surface area (Å²) in [4.78, 5) is 22.4. The molecular weight excluding hydrogens is 631 g/mol. The summed E-state index contributed by atoms with van der Waals surface area (Å²) in [5.74, 6) is -0.396. The monoisotopic (exact) mass is 700 g/mol. The number of aliphatic hydroxyl groups is 2. The summed E-state index contributed by atoms with van der Waals surface area (Å²) in [7, 11) is -4.51. The van der Waals surface area contributed by atoms with Crippen LogP contribution in [0.1, 0.15) is 142 Å². The Bertz CT molecular complexity index is 887. The normalized spacial score (nSPS) is 14.9. The van der Waals surface area contributed by atoms with Crippen molar-refractivity contribution in [3.63, 3.8) is 0 Å². The number of ether oxygens (including phenoxy) is 2. The number of carbonyl (C=O) groups excluding carboxylic acids is 1. The third kappa shape index (κ3) is 34.3. The Hall–Kier alpha value is -1.58. The van der Waals surface area contributed by atoms with Crippen molar-refractivity contribution >= 4 is 13.8 Å². The molecule has 0 fully saturated rings. The van der Waals surface area contributed by atoms with E-state index in [1.54, 1.807) is 0 Å². The molecule has 3 unspecified atom stereocenters. The summed E-state index contributed by atoms with van der Waals surface area (Å²) in [5.41, 5.74) is 0. The quantitative estimate of drug-likeness (QED) is 0.0256. The van der Waals surface area contributed by atoms with Crippen molar-refractivity contribution in [3.8, 4) is 0 Å². The Morgan fingerprint density at radius 3 is 1.79 bits per heavy atom. The SMILES string of the molecule is CC/C=C\C/C=C\C/C=C\C/C=C\CCCCCCCOCC(COP(=O)(O)OCC(O)CO)OC(=O)CCCCCCCCCCC. The van der Waals surface area contributed by atoms with Gasteiger partial charge in [-0.1, -0.05) is 133 Å². The molecule has 0 aliphatic carbocycles. The van der Waals surface area contributed by atoms with Crippen LogP contribution in [0.2, 0.25) is 0 Å². The van der Waals surface area contributed by atoms with E-state index < -0.39 is 39.2 Å². The number of rotatable bonds is 35. The maximum Gasteiger partial charge on any atom is 0.472 e. The Labute approximate surface area is 292 Å². The molecule has 0 heterocycles. The molecule has 3 N–H and O–H groups in total. The van der Waals surface area contributed by atoms with Crippen molar-refractivity contribution in [1.82, 2.24) is 0 Å². The number of carbonyl (C=O) groups is 1. The number of phosphoric acid groups is 1. The zero-order chi connectivity index (χ0) is 35.4. The van der Waals surface area contributed by atoms with E-state index in [-0.39, 0.29) is 19.6 Å². The van der Waals surface area contributed by atoms with Crippen LogP contribution in [0.5, 0.6) is 0 Å². The van der Waals surface area contributed by atoms with Gasteiger partial charge in [0.25, 0.3) is 0 Å². The van der Waals surface area contributed by atoms with Gasteiger partial charge in [0.2, 0.25) is 0 Å². The molecule has 0 aliphatic rings. The molecule has 0 spiro atoms. The average Bonchev–Trinajstić information content (AvgIpc) is 3.07. The van der Waals surface area contributed by atoms with Gasteiger partial charge in [0, 0.05) is 13.0 Å². The van der Waals surface area contributed by atoms with Gasteiger partial charge in [-0.2, -0.15) is 0 Å². The molecule has 0 amide bonds. The number of unbranched alkanes of at least 4 members (excludes halogenated alkanes) is 13. The third-order valence-electron chi connectivity index (χ3n) is 7.53. The first-order valence-corrected chi connectivity index (χ1v) is 20.1. The van der Waals surface area contributed by atoms with E-state index in [1.807, 2.05) is 0 Å². The molecular formula is C38H69O9P. The van der Waals surface area contributed by atoms with Gasteiger partial charge in [-0.05, 0) is 51.4 Å². The van der Waals surface area contributed by atoms with Crippen LogP contribution < -0.4 is 0 Å². The highest BCUT2D eigenvalue weighted by molar-refractivity contribution is 7.47.